The number of nitrogens with one attached hydrogen (secondary N) is 1. The van der Waals surface area contributed by atoms with Crippen molar-refractivity contribution in [2.24, 2.45) is 10.1 Å². The first-order valence-corrected chi connectivity index (χ1v) is 10.1. The molecule has 3 heterocycles. The highest BCUT2D eigenvalue weighted by Gasteiger charge is 2.35. The lowest BCUT2D eigenvalue weighted by atomic mass is 10.1. The number of thioether (sulfide) groups is 1. The number of amides is 1. The van der Waals surface area contributed by atoms with E-state index in [0.717, 1.165) is 17.9 Å². The summed E-state index contributed by atoms with van der Waals surface area (Å²) in [5.74, 6) is 0.203. The first-order chi connectivity index (χ1) is 14.9. The highest BCUT2D eigenvalue weighted by Crippen LogP contribution is 2.35. The molecule has 1 amide bonds. The molecule has 1 N–H and O–H groups in total. The molecule has 0 unspecified atom stereocenters. The molecule has 0 bridgehead atoms. The van der Waals surface area contributed by atoms with Crippen molar-refractivity contribution < 1.29 is 18.9 Å². The van der Waals surface area contributed by atoms with Crippen molar-refractivity contribution in [2.45, 2.75) is 19.8 Å². The van der Waals surface area contributed by atoms with Gasteiger partial charge in [0.25, 0.3) is 11.6 Å². The van der Waals surface area contributed by atoms with Crippen LogP contribution in [-0.2, 0) is 4.79 Å². The Labute approximate surface area is 180 Å². The summed E-state index contributed by atoms with van der Waals surface area (Å²) in [6, 6.07) is 7.57. The maximum absolute atomic E-state index is 12.5. The van der Waals surface area contributed by atoms with E-state index in [1.165, 1.54) is 42.1 Å². The molecule has 0 spiro atoms. The van der Waals surface area contributed by atoms with Gasteiger partial charge in [0.05, 0.1) is 29.2 Å². The highest BCUT2D eigenvalue weighted by molar-refractivity contribution is 8.26. The number of nitrogens with zero attached hydrogens (tertiary/aromatic N) is 4. The molecular formula is C20H17N5O5S. The largest absolute Gasteiger partial charge is 0.497 e. The second kappa shape index (κ2) is 8.19. The van der Waals surface area contributed by atoms with Crippen molar-refractivity contribution in [3.8, 4) is 17.1 Å². The average Bonchev–Trinajstić information content (AvgIpc) is 3.38. The van der Waals surface area contributed by atoms with Crippen molar-refractivity contribution in [3.63, 3.8) is 0 Å². The van der Waals surface area contributed by atoms with Crippen molar-refractivity contribution in [1.29, 1.82) is 5.41 Å². The second-order valence-electron chi connectivity index (χ2n) is 6.61. The smallest absolute Gasteiger partial charge is 0.284 e. The van der Waals surface area contributed by atoms with Crippen LogP contribution in [0.25, 0.3) is 17.4 Å². The Morgan fingerprint density at radius 3 is 2.87 bits per heavy atom. The van der Waals surface area contributed by atoms with Gasteiger partial charge in [0.15, 0.2) is 5.84 Å². The van der Waals surface area contributed by atoms with Crippen LogP contribution in [0.3, 0.4) is 0 Å². The topological polar surface area (TPSA) is 134 Å². The summed E-state index contributed by atoms with van der Waals surface area (Å²) < 4.78 is 10.8. The Hall–Kier alpha value is -3.73. The van der Waals surface area contributed by atoms with Crippen LogP contribution in [0.1, 0.15) is 25.5 Å². The van der Waals surface area contributed by atoms with Gasteiger partial charge in [-0.2, -0.15) is 15.1 Å². The van der Waals surface area contributed by atoms with E-state index in [1.807, 2.05) is 6.92 Å². The number of nitro benzene ring substituents is 1. The van der Waals surface area contributed by atoms with Gasteiger partial charge >= 0.3 is 0 Å². The maximum Gasteiger partial charge on any atom is 0.284 e. The van der Waals surface area contributed by atoms with E-state index in [0.29, 0.717) is 10.9 Å². The van der Waals surface area contributed by atoms with Crippen LogP contribution in [0.4, 0.5) is 5.69 Å². The number of carbonyl (C=O) groups is 1. The van der Waals surface area contributed by atoms with Crippen LogP contribution >= 0.6 is 11.8 Å². The third-order valence-electron chi connectivity index (χ3n) is 4.54. The van der Waals surface area contributed by atoms with E-state index in [-0.39, 0.29) is 34.2 Å². The normalized spacial score (nSPS) is 17.0. The molecule has 31 heavy (non-hydrogen) atoms. The molecule has 2 aromatic rings. The van der Waals surface area contributed by atoms with Gasteiger partial charge in [0, 0.05) is 0 Å². The number of nitro groups is 1. The van der Waals surface area contributed by atoms with Crippen LogP contribution in [0.5, 0.6) is 5.75 Å². The molecule has 0 atom stereocenters. The molecule has 10 nitrogen and oxygen atoms in total. The number of fused-ring (bicyclic) bond motifs is 1. The quantitative estimate of drug-likeness (QED) is 0.403. The zero-order chi connectivity index (χ0) is 22.1. The lowest BCUT2D eigenvalue weighted by Crippen LogP contribution is -2.35. The van der Waals surface area contributed by atoms with E-state index < -0.39 is 10.8 Å². The molecule has 0 fully saturated rings. The summed E-state index contributed by atoms with van der Waals surface area (Å²) in [5.41, 5.74) is 0.122. The standard InChI is InChI=1S/C20H17N5O5S/c1-3-4-17-23-24-18(21)14(19(26)22-20(24)31-17)9-12-6-8-16(30-12)13-7-5-11(29-2)10-15(13)25(27)28/h5-10,21H,3-4H2,1-2H3/b14-9-,21-18?. The van der Waals surface area contributed by atoms with Gasteiger partial charge in [-0.3, -0.25) is 20.3 Å². The Balaban J connectivity index is 1.66. The van der Waals surface area contributed by atoms with Gasteiger partial charge in [-0.1, -0.05) is 6.92 Å². The van der Waals surface area contributed by atoms with E-state index in [2.05, 4.69) is 10.1 Å². The fourth-order valence-electron chi connectivity index (χ4n) is 3.06. The number of carbonyl (C=O) groups excluding carboxylic acids is 1. The molecule has 4 rings (SSSR count). The number of rotatable bonds is 6. The van der Waals surface area contributed by atoms with Gasteiger partial charge in [0.2, 0.25) is 5.17 Å². The third-order valence-corrected chi connectivity index (χ3v) is 5.51. The van der Waals surface area contributed by atoms with Crippen molar-refractivity contribution in [2.75, 3.05) is 7.11 Å². The summed E-state index contributed by atoms with van der Waals surface area (Å²) in [6.07, 6.45) is 3.02. The molecule has 0 radical (unpaired) electrons. The molecule has 11 heteroatoms. The fraction of sp³-hybridized carbons (Fsp3) is 0.200. The lowest BCUT2D eigenvalue weighted by molar-refractivity contribution is -0.384. The van der Waals surface area contributed by atoms with E-state index in [4.69, 9.17) is 14.6 Å². The summed E-state index contributed by atoms with van der Waals surface area (Å²) in [7, 11) is 1.42. The Bertz CT molecular complexity index is 1200. The van der Waals surface area contributed by atoms with Crippen molar-refractivity contribution >= 4 is 45.5 Å². The Morgan fingerprint density at radius 2 is 2.16 bits per heavy atom. The molecule has 1 aromatic heterocycles. The van der Waals surface area contributed by atoms with Gasteiger partial charge in [-0.15, -0.1) is 0 Å². The molecule has 1 aromatic carbocycles. The van der Waals surface area contributed by atoms with Crippen LogP contribution in [0.15, 0.2) is 50.4 Å². The number of hydrazone groups is 1. The zero-order valence-electron chi connectivity index (χ0n) is 16.6. The first kappa shape index (κ1) is 20.5. The number of methoxy groups -OCH3 is 1. The molecule has 0 aliphatic carbocycles. The van der Waals surface area contributed by atoms with E-state index in [9.17, 15) is 14.9 Å². The monoisotopic (exact) mass is 439 g/mol. The van der Waals surface area contributed by atoms with Gasteiger partial charge in [-0.25, -0.2) is 0 Å². The highest BCUT2D eigenvalue weighted by atomic mass is 32.2. The molecule has 0 saturated carbocycles. The second-order valence-corrected chi connectivity index (χ2v) is 7.65. The van der Waals surface area contributed by atoms with Crippen LogP contribution in [0, 0.1) is 15.5 Å². The number of hydrogen-bond acceptors (Lipinski definition) is 8. The van der Waals surface area contributed by atoms with Gasteiger partial charge in [0.1, 0.15) is 22.3 Å². The van der Waals surface area contributed by atoms with E-state index in [1.54, 1.807) is 18.2 Å². The van der Waals surface area contributed by atoms with Crippen molar-refractivity contribution in [3.05, 3.63) is 51.8 Å². The number of benzene rings is 1. The van der Waals surface area contributed by atoms with Gasteiger partial charge in [-0.05, 0) is 54.9 Å². The summed E-state index contributed by atoms with van der Waals surface area (Å²) in [4.78, 5) is 27.4. The minimum atomic E-state index is -0.565. The molecule has 158 valence electrons. The SMILES string of the molecule is CCCC1=NN2C(=N)/C(=C/c3ccc(-c4ccc(OC)cc4[N+](=O)[O-])o3)C(=O)N=C2S1. The predicted octanol–water partition coefficient (Wildman–Crippen LogP) is 4.28. The zero-order valence-corrected chi connectivity index (χ0v) is 17.4. The van der Waals surface area contributed by atoms with E-state index >= 15 is 0 Å². The third kappa shape index (κ3) is 3.87. The van der Waals surface area contributed by atoms with Crippen LogP contribution in [-0.4, -0.2) is 39.0 Å². The number of ether oxygens (including phenoxy) is 1. The summed E-state index contributed by atoms with van der Waals surface area (Å²) >= 11 is 1.28. The maximum atomic E-state index is 12.5. The lowest BCUT2D eigenvalue weighted by Gasteiger charge is -2.19. The number of aliphatic imine (C=N–C) groups is 1. The molecule has 2 aliphatic heterocycles. The Morgan fingerprint density at radius 1 is 1.35 bits per heavy atom. The predicted molar refractivity (Wildman–Crippen MR) is 117 cm³/mol. The number of furan rings is 1. The Kier molecular flexibility index (Phi) is 5.42. The van der Waals surface area contributed by atoms with Gasteiger partial charge < -0.3 is 9.15 Å². The minimum absolute atomic E-state index is 0.0241. The number of hydrogen-bond donors (Lipinski definition) is 1. The minimum Gasteiger partial charge on any atom is -0.497 e. The summed E-state index contributed by atoms with van der Waals surface area (Å²) in [5, 5.41) is 26.7. The molecule has 2 aliphatic rings. The van der Waals surface area contributed by atoms with Crippen molar-refractivity contribution in [1.82, 2.24) is 5.01 Å². The fourth-order valence-corrected chi connectivity index (χ4v) is 4.05. The van der Waals surface area contributed by atoms with Crippen LogP contribution in [0.2, 0.25) is 0 Å². The molecule has 0 saturated heterocycles. The average molecular weight is 439 g/mol. The first-order valence-electron chi connectivity index (χ1n) is 9.33. The molecular weight excluding hydrogens is 422 g/mol. The number of amidine groups is 2. The van der Waals surface area contributed by atoms with Crippen LogP contribution < -0.4 is 4.74 Å². The summed E-state index contributed by atoms with van der Waals surface area (Å²) in [6.45, 7) is 2.02.